The van der Waals surface area contributed by atoms with Crippen LogP contribution in [0.25, 0.3) is 0 Å². The smallest absolute Gasteiger partial charge is 0.227 e. The van der Waals surface area contributed by atoms with Gasteiger partial charge in [0.15, 0.2) is 0 Å². The second-order valence-corrected chi connectivity index (χ2v) is 8.62. The van der Waals surface area contributed by atoms with Crippen molar-refractivity contribution in [1.29, 1.82) is 0 Å². The average Bonchev–Trinajstić information content (AvgIpc) is 2.99. The van der Waals surface area contributed by atoms with Crippen LogP contribution in [0.5, 0.6) is 0 Å². The number of nitrogens with one attached hydrogen (secondary N) is 1. The molecule has 3 saturated heterocycles. The number of likely N-dealkylation sites (tertiary alicyclic amines) is 2. The first-order valence-corrected chi connectivity index (χ1v) is 11.1. The molecule has 7 nitrogen and oxygen atoms in total. The predicted octanol–water partition coefficient (Wildman–Crippen LogP) is 1.11. The third-order valence-corrected chi connectivity index (χ3v) is 6.66. The summed E-state index contributed by atoms with van der Waals surface area (Å²) in [6.07, 6.45) is 8.58. The van der Waals surface area contributed by atoms with E-state index in [0.29, 0.717) is 32.1 Å². The topological polar surface area (TPSA) is 68.8 Å². The molecule has 0 aliphatic carbocycles. The number of amides is 2. The van der Waals surface area contributed by atoms with E-state index in [1.807, 2.05) is 17.3 Å². The lowest BCUT2D eigenvalue weighted by molar-refractivity contribution is -0.137. The monoisotopic (exact) mass is 399 g/mol. The van der Waals surface area contributed by atoms with E-state index in [1.165, 1.54) is 18.4 Å². The maximum Gasteiger partial charge on any atom is 0.227 e. The predicted molar refractivity (Wildman–Crippen MR) is 111 cm³/mol. The zero-order valence-electron chi connectivity index (χ0n) is 17.3. The van der Waals surface area contributed by atoms with Gasteiger partial charge in [-0.3, -0.25) is 24.4 Å². The largest absolute Gasteiger partial charge is 0.354 e. The molecular weight excluding hydrogens is 366 g/mol. The Morgan fingerprint density at radius 2 is 1.86 bits per heavy atom. The van der Waals surface area contributed by atoms with Gasteiger partial charge in [-0.2, -0.15) is 0 Å². The molecule has 4 heterocycles. The van der Waals surface area contributed by atoms with Gasteiger partial charge in [0.2, 0.25) is 11.8 Å². The van der Waals surface area contributed by atoms with Crippen LogP contribution in [-0.4, -0.2) is 83.4 Å². The van der Waals surface area contributed by atoms with Crippen molar-refractivity contribution in [2.45, 2.75) is 44.7 Å². The van der Waals surface area contributed by atoms with Crippen molar-refractivity contribution in [2.75, 3.05) is 45.8 Å². The molecule has 0 spiro atoms. The molecule has 7 heteroatoms. The van der Waals surface area contributed by atoms with Crippen molar-refractivity contribution in [3.8, 4) is 0 Å². The Balaban J connectivity index is 1.26. The number of hydrogen-bond donors (Lipinski definition) is 1. The van der Waals surface area contributed by atoms with Crippen LogP contribution in [-0.2, 0) is 16.1 Å². The third-order valence-electron chi connectivity index (χ3n) is 6.66. The SMILES string of the molecule is O=C1CCN(C(=O)[C@@H]2CCCN(C3CCN(Cc4ccncc4)CC3)C2)CCN1. The number of nitrogens with zero attached hydrogens (tertiary/aromatic N) is 4. The summed E-state index contributed by atoms with van der Waals surface area (Å²) in [4.78, 5) is 35.7. The Kier molecular flexibility index (Phi) is 6.77. The van der Waals surface area contributed by atoms with Crippen molar-refractivity contribution < 1.29 is 9.59 Å². The Morgan fingerprint density at radius 1 is 1.07 bits per heavy atom. The van der Waals surface area contributed by atoms with E-state index in [1.54, 1.807) is 0 Å². The highest BCUT2D eigenvalue weighted by molar-refractivity contribution is 5.81. The zero-order valence-corrected chi connectivity index (χ0v) is 17.3. The van der Waals surface area contributed by atoms with Crippen molar-refractivity contribution in [3.05, 3.63) is 30.1 Å². The molecule has 3 fully saturated rings. The lowest BCUT2D eigenvalue weighted by atomic mass is 9.92. The molecule has 158 valence electrons. The highest BCUT2D eigenvalue weighted by atomic mass is 16.2. The van der Waals surface area contributed by atoms with E-state index >= 15 is 0 Å². The number of hydrogen-bond acceptors (Lipinski definition) is 5. The number of piperidine rings is 2. The van der Waals surface area contributed by atoms with Gasteiger partial charge in [0.05, 0.1) is 5.92 Å². The molecular formula is C22H33N5O2. The van der Waals surface area contributed by atoms with Gasteiger partial charge in [0.25, 0.3) is 0 Å². The van der Waals surface area contributed by atoms with E-state index in [4.69, 9.17) is 0 Å². The second-order valence-electron chi connectivity index (χ2n) is 8.62. The summed E-state index contributed by atoms with van der Waals surface area (Å²) in [6.45, 7) is 7.01. The number of pyridine rings is 1. The molecule has 0 radical (unpaired) electrons. The van der Waals surface area contributed by atoms with Gasteiger partial charge >= 0.3 is 0 Å². The average molecular weight is 400 g/mol. The van der Waals surface area contributed by atoms with Gasteiger partial charge in [-0.25, -0.2) is 0 Å². The van der Waals surface area contributed by atoms with E-state index in [0.717, 1.165) is 45.6 Å². The quantitative estimate of drug-likeness (QED) is 0.821. The van der Waals surface area contributed by atoms with Gasteiger partial charge in [-0.1, -0.05) is 0 Å². The molecule has 3 aliphatic heterocycles. The first kappa shape index (κ1) is 20.3. The Hall–Kier alpha value is -1.99. The van der Waals surface area contributed by atoms with Crippen LogP contribution >= 0.6 is 0 Å². The van der Waals surface area contributed by atoms with Crippen LogP contribution in [0.4, 0.5) is 0 Å². The van der Waals surface area contributed by atoms with Crippen LogP contribution in [0, 0.1) is 5.92 Å². The molecule has 0 saturated carbocycles. The molecule has 3 aliphatic rings. The van der Waals surface area contributed by atoms with Crippen molar-refractivity contribution in [3.63, 3.8) is 0 Å². The highest BCUT2D eigenvalue weighted by Gasteiger charge is 2.33. The summed E-state index contributed by atoms with van der Waals surface area (Å²) in [7, 11) is 0. The Bertz CT molecular complexity index is 690. The standard InChI is InChI=1S/C22H33N5O2/c28-21-7-14-26(15-10-24-21)22(29)19-2-1-11-27(17-19)20-5-12-25(13-6-20)16-18-3-8-23-9-4-18/h3-4,8-9,19-20H,1-2,5-7,10-17H2,(H,24,28)/t19-/m1/s1. The van der Waals surface area contributed by atoms with Gasteiger partial charge in [-0.15, -0.1) is 0 Å². The van der Waals surface area contributed by atoms with Crippen LogP contribution < -0.4 is 5.32 Å². The lowest BCUT2D eigenvalue weighted by Crippen LogP contribution is -2.51. The first-order chi connectivity index (χ1) is 14.2. The van der Waals surface area contributed by atoms with Crippen LogP contribution in [0.15, 0.2) is 24.5 Å². The molecule has 2 amide bonds. The molecule has 1 aromatic heterocycles. The van der Waals surface area contributed by atoms with Crippen molar-refractivity contribution in [2.24, 2.45) is 5.92 Å². The van der Waals surface area contributed by atoms with Crippen LogP contribution in [0.2, 0.25) is 0 Å². The molecule has 0 aromatic carbocycles. The zero-order chi connectivity index (χ0) is 20.1. The molecule has 29 heavy (non-hydrogen) atoms. The Labute approximate surface area is 173 Å². The lowest BCUT2D eigenvalue weighted by Gasteiger charge is -2.42. The summed E-state index contributed by atoms with van der Waals surface area (Å²) < 4.78 is 0. The summed E-state index contributed by atoms with van der Waals surface area (Å²) >= 11 is 0. The number of carbonyl (C=O) groups excluding carboxylic acids is 2. The summed E-state index contributed by atoms with van der Waals surface area (Å²) in [5, 5.41) is 2.86. The first-order valence-electron chi connectivity index (χ1n) is 11.1. The van der Waals surface area contributed by atoms with Gasteiger partial charge < -0.3 is 10.2 Å². The fourth-order valence-electron chi connectivity index (χ4n) is 4.97. The molecule has 1 atom stereocenters. The molecule has 1 N–H and O–H groups in total. The van der Waals surface area contributed by atoms with E-state index in [9.17, 15) is 9.59 Å². The normalized spacial score (nSPS) is 25.4. The fourth-order valence-corrected chi connectivity index (χ4v) is 4.97. The molecule has 1 aromatic rings. The van der Waals surface area contributed by atoms with Gasteiger partial charge in [0, 0.05) is 57.6 Å². The minimum atomic E-state index is 0.0593. The second kappa shape index (κ2) is 9.67. The fraction of sp³-hybridized carbons (Fsp3) is 0.682. The van der Waals surface area contributed by atoms with Crippen LogP contribution in [0.3, 0.4) is 0 Å². The number of rotatable bonds is 4. The molecule has 0 bridgehead atoms. The van der Waals surface area contributed by atoms with Crippen molar-refractivity contribution in [1.82, 2.24) is 25.0 Å². The minimum absolute atomic E-state index is 0.0593. The third kappa shape index (κ3) is 5.34. The minimum Gasteiger partial charge on any atom is -0.354 e. The van der Waals surface area contributed by atoms with Crippen LogP contribution in [0.1, 0.15) is 37.7 Å². The summed E-state index contributed by atoms with van der Waals surface area (Å²) in [6, 6.07) is 4.78. The molecule has 0 unspecified atom stereocenters. The van der Waals surface area contributed by atoms with E-state index < -0.39 is 0 Å². The van der Waals surface area contributed by atoms with E-state index in [2.05, 4.69) is 32.2 Å². The van der Waals surface area contributed by atoms with Gasteiger partial charge in [0.1, 0.15) is 0 Å². The number of aromatic nitrogens is 1. The van der Waals surface area contributed by atoms with E-state index in [-0.39, 0.29) is 17.7 Å². The Morgan fingerprint density at radius 3 is 2.66 bits per heavy atom. The summed E-state index contributed by atoms with van der Waals surface area (Å²) in [5.41, 5.74) is 1.33. The maximum atomic E-state index is 13.0. The molecule has 4 rings (SSSR count). The maximum absolute atomic E-state index is 13.0. The number of carbonyl (C=O) groups is 2. The highest BCUT2D eigenvalue weighted by Crippen LogP contribution is 2.26. The van der Waals surface area contributed by atoms with Crippen molar-refractivity contribution >= 4 is 11.8 Å². The summed E-state index contributed by atoms with van der Waals surface area (Å²) in [5.74, 6) is 0.400. The van der Waals surface area contributed by atoms with Gasteiger partial charge in [-0.05, 0) is 63.0 Å².